The molecule has 1 aliphatic rings. The van der Waals surface area contributed by atoms with Crippen molar-refractivity contribution in [2.24, 2.45) is 0 Å². The number of methoxy groups -OCH3 is 1. The average molecular weight is 348 g/mol. The van der Waals surface area contributed by atoms with Crippen LogP contribution in [0.3, 0.4) is 0 Å². The molecule has 5 rings (SSSR count). The Bertz CT molecular complexity index is 1040. The average Bonchev–Trinajstić information content (AvgIpc) is 3.45. The molecule has 0 saturated heterocycles. The van der Waals surface area contributed by atoms with Crippen molar-refractivity contribution in [2.45, 2.75) is 31.7 Å². The van der Waals surface area contributed by atoms with Gasteiger partial charge in [0, 0.05) is 18.0 Å². The summed E-state index contributed by atoms with van der Waals surface area (Å²) in [6.07, 6.45) is 10.5. The van der Waals surface area contributed by atoms with Gasteiger partial charge in [0.2, 0.25) is 0 Å². The fourth-order valence-corrected chi connectivity index (χ4v) is 3.80. The Morgan fingerprint density at radius 2 is 2.08 bits per heavy atom. The highest BCUT2D eigenvalue weighted by Crippen LogP contribution is 2.33. The number of nitrogens with zero attached hydrogens (tertiary/aromatic N) is 5. The van der Waals surface area contributed by atoms with Crippen LogP contribution in [-0.4, -0.2) is 36.6 Å². The van der Waals surface area contributed by atoms with Gasteiger partial charge in [-0.2, -0.15) is 10.2 Å². The number of aromatic amines is 1. The van der Waals surface area contributed by atoms with Crippen LogP contribution in [0.4, 0.5) is 0 Å². The van der Waals surface area contributed by atoms with Gasteiger partial charge in [0.15, 0.2) is 5.65 Å². The van der Waals surface area contributed by atoms with Crippen molar-refractivity contribution in [3.63, 3.8) is 0 Å². The Hall–Kier alpha value is -3.09. The van der Waals surface area contributed by atoms with Gasteiger partial charge in [-0.05, 0) is 37.1 Å². The molecule has 0 unspecified atom stereocenters. The molecule has 3 heterocycles. The fourth-order valence-electron chi connectivity index (χ4n) is 3.80. The fraction of sp³-hybridized carbons (Fsp3) is 0.316. The van der Waals surface area contributed by atoms with Gasteiger partial charge in [-0.25, -0.2) is 14.3 Å². The van der Waals surface area contributed by atoms with E-state index in [9.17, 15) is 0 Å². The molecule has 1 fully saturated rings. The highest BCUT2D eigenvalue weighted by atomic mass is 16.5. The maximum absolute atomic E-state index is 5.42. The molecule has 7 nitrogen and oxygen atoms in total. The number of aromatic nitrogens is 6. The summed E-state index contributed by atoms with van der Waals surface area (Å²) in [5.74, 6) is 1.59. The van der Waals surface area contributed by atoms with E-state index >= 15 is 0 Å². The number of H-pyrrole nitrogens is 1. The smallest absolute Gasteiger partial charge is 0.177 e. The number of fused-ring (bicyclic) bond motifs is 1. The zero-order chi connectivity index (χ0) is 17.5. The van der Waals surface area contributed by atoms with Crippen LogP contribution in [0.2, 0.25) is 0 Å². The first-order valence-electron chi connectivity index (χ1n) is 8.95. The summed E-state index contributed by atoms with van der Waals surface area (Å²) in [6.45, 7) is 0. The van der Waals surface area contributed by atoms with Crippen molar-refractivity contribution in [3.05, 3.63) is 42.9 Å². The van der Waals surface area contributed by atoms with E-state index in [1.807, 2.05) is 41.3 Å². The normalized spacial score (nSPS) is 15.1. The van der Waals surface area contributed by atoms with Crippen LogP contribution < -0.4 is 4.74 Å². The number of nitrogens with one attached hydrogen (secondary N) is 1. The summed E-state index contributed by atoms with van der Waals surface area (Å²) in [7, 11) is 1.67. The van der Waals surface area contributed by atoms with Gasteiger partial charge in [-0.1, -0.05) is 12.8 Å². The first-order chi connectivity index (χ1) is 12.8. The molecule has 3 aromatic heterocycles. The van der Waals surface area contributed by atoms with Crippen molar-refractivity contribution in [2.75, 3.05) is 7.11 Å². The summed E-state index contributed by atoms with van der Waals surface area (Å²) in [4.78, 5) is 8.30. The molecule has 0 aliphatic heterocycles. The van der Waals surface area contributed by atoms with Gasteiger partial charge in [-0.3, -0.25) is 0 Å². The lowest BCUT2D eigenvalue weighted by atomic mass is 10.1. The van der Waals surface area contributed by atoms with Gasteiger partial charge >= 0.3 is 0 Å². The highest BCUT2D eigenvalue weighted by Gasteiger charge is 2.22. The molecule has 132 valence electrons. The van der Waals surface area contributed by atoms with Crippen LogP contribution in [0, 0.1) is 0 Å². The molecule has 0 atom stereocenters. The van der Waals surface area contributed by atoms with Crippen LogP contribution in [0.1, 0.15) is 31.7 Å². The second-order valence-electron chi connectivity index (χ2n) is 6.68. The molecule has 1 saturated carbocycles. The summed E-state index contributed by atoms with van der Waals surface area (Å²) in [6, 6.07) is 8.29. The lowest BCUT2D eigenvalue weighted by Gasteiger charge is -2.10. The summed E-state index contributed by atoms with van der Waals surface area (Å²) in [5.41, 5.74) is 3.78. The minimum absolute atomic E-state index is 0.458. The van der Waals surface area contributed by atoms with Gasteiger partial charge in [0.1, 0.15) is 17.1 Å². The van der Waals surface area contributed by atoms with Crippen molar-refractivity contribution in [1.82, 2.24) is 29.5 Å². The van der Waals surface area contributed by atoms with Crippen molar-refractivity contribution in [1.29, 1.82) is 0 Å². The first-order valence-corrected chi connectivity index (χ1v) is 8.95. The highest BCUT2D eigenvalue weighted by molar-refractivity contribution is 5.79. The zero-order valence-electron chi connectivity index (χ0n) is 14.6. The molecule has 0 bridgehead atoms. The summed E-state index contributed by atoms with van der Waals surface area (Å²) >= 11 is 0. The minimum atomic E-state index is 0.458. The van der Waals surface area contributed by atoms with Crippen LogP contribution in [-0.2, 0) is 0 Å². The molecule has 0 spiro atoms. The Balaban J connectivity index is 1.65. The molecule has 7 heteroatoms. The standard InChI is InChI=1S/C19H20N6O/c1-26-14-7-8-17(24-10-4-9-20-24)15(11-14)18-22-16-12-21-25(19(16)23-18)13-5-2-3-6-13/h4,7-13H,2-3,5-6H2,1H3,(H,22,23). The Kier molecular flexibility index (Phi) is 3.51. The molecule has 26 heavy (non-hydrogen) atoms. The second kappa shape index (κ2) is 6.01. The molecular formula is C19H20N6O. The Labute approximate surface area is 150 Å². The van der Waals surface area contributed by atoms with Crippen LogP contribution in [0.25, 0.3) is 28.2 Å². The molecule has 1 N–H and O–H groups in total. The molecule has 1 aliphatic carbocycles. The van der Waals surface area contributed by atoms with Crippen molar-refractivity contribution >= 4 is 11.2 Å². The van der Waals surface area contributed by atoms with E-state index in [1.54, 1.807) is 13.3 Å². The van der Waals surface area contributed by atoms with Crippen molar-refractivity contribution in [3.8, 4) is 22.8 Å². The first kappa shape index (κ1) is 15.2. The summed E-state index contributed by atoms with van der Waals surface area (Å²) in [5, 5.41) is 8.93. The van der Waals surface area contributed by atoms with Crippen LogP contribution in [0.15, 0.2) is 42.9 Å². The third-order valence-corrected chi connectivity index (χ3v) is 5.12. The molecule has 0 amide bonds. The number of imidazole rings is 1. The summed E-state index contributed by atoms with van der Waals surface area (Å²) < 4.78 is 9.34. The minimum Gasteiger partial charge on any atom is -0.497 e. The number of ether oxygens (including phenoxy) is 1. The third-order valence-electron chi connectivity index (χ3n) is 5.12. The lowest BCUT2D eigenvalue weighted by molar-refractivity contribution is 0.415. The lowest BCUT2D eigenvalue weighted by Crippen LogP contribution is -2.06. The topological polar surface area (TPSA) is 73.5 Å². The van der Waals surface area contributed by atoms with E-state index < -0.39 is 0 Å². The predicted molar refractivity (Wildman–Crippen MR) is 98.5 cm³/mol. The largest absolute Gasteiger partial charge is 0.497 e. The van der Waals surface area contributed by atoms with Gasteiger partial charge < -0.3 is 9.72 Å². The van der Waals surface area contributed by atoms with E-state index in [0.717, 1.165) is 34.0 Å². The van der Waals surface area contributed by atoms with Crippen LogP contribution in [0.5, 0.6) is 5.75 Å². The maximum Gasteiger partial charge on any atom is 0.177 e. The zero-order valence-corrected chi connectivity index (χ0v) is 14.6. The van der Waals surface area contributed by atoms with E-state index in [1.165, 1.54) is 25.7 Å². The number of rotatable bonds is 4. The van der Waals surface area contributed by atoms with Gasteiger partial charge in [0.25, 0.3) is 0 Å². The molecular weight excluding hydrogens is 328 g/mol. The van der Waals surface area contributed by atoms with Crippen LogP contribution >= 0.6 is 0 Å². The van der Waals surface area contributed by atoms with Gasteiger partial charge in [-0.15, -0.1) is 0 Å². The number of hydrogen-bond donors (Lipinski definition) is 1. The SMILES string of the molecule is COc1ccc(-n2cccn2)c(-c2nc3c(cnn3C3CCCC3)[nH]2)c1. The van der Waals surface area contributed by atoms with E-state index in [-0.39, 0.29) is 0 Å². The number of benzene rings is 1. The Morgan fingerprint density at radius 1 is 1.19 bits per heavy atom. The quantitative estimate of drug-likeness (QED) is 0.610. The predicted octanol–water partition coefficient (Wildman–Crippen LogP) is 3.74. The third kappa shape index (κ3) is 2.39. The molecule has 4 aromatic rings. The van der Waals surface area contributed by atoms with E-state index in [0.29, 0.717) is 6.04 Å². The van der Waals surface area contributed by atoms with E-state index in [2.05, 4.69) is 19.9 Å². The monoisotopic (exact) mass is 348 g/mol. The maximum atomic E-state index is 5.42. The van der Waals surface area contributed by atoms with E-state index in [4.69, 9.17) is 9.72 Å². The molecule has 0 radical (unpaired) electrons. The van der Waals surface area contributed by atoms with Crippen molar-refractivity contribution < 1.29 is 4.74 Å². The van der Waals surface area contributed by atoms with Gasteiger partial charge in [0.05, 0.1) is 25.0 Å². The second-order valence-corrected chi connectivity index (χ2v) is 6.68. The molecule has 1 aromatic carbocycles. The Morgan fingerprint density at radius 3 is 2.85 bits per heavy atom. The number of hydrogen-bond acceptors (Lipinski definition) is 4.